The molecule has 2 saturated heterocycles. The molecule has 5 heteroatoms. The third-order valence-corrected chi connectivity index (χ3v) is 5.06. The van der Waals surface area contributed by atoms with E-state index in [0.717, 1.165) is 0 Å². The molecule has 3 nitrogen and oxygen atoms in total. The topological polar surface area (TPSA) is 37.4 Å². The first kappa shape index (κ1) is 11.1. The van der Waals surface area contributed by atoms with Crippen LogP contribution >= 0.6 is 23.4 Å². The fraction of sp³-hybridized carbons (Fsp3) is 0.333. The minimum absolute atomic E-state index is 0.0116. The maximum atomic E-state index is 12.2. The van der Waals surface area contributed by atoms with Crippen LogP contribution in [-0.4, -0.2) is 39.1 Å². The third kappa shape index (κ3) is 1.58. The van der Waals surface area contributed by atoms with Crippen LogP contribution < -0.4 is 0 Å². The fourth-order valence-electron chi connectivity index (χ4n) is 2.21. The number of alkyl halides is 1. The monoisotopic (exact) mass is 267 g/mol. The van der Waals surface area contributed by atoms with Crippen LogP contribution in [0.15, 0.2) is 30.3 Å². The lowest BCUT2D eigenvalue weighted by Gasteiger charge is -2.40. The van der Waals surface area contributed by atoms with Crippen LogP contribution in [0.25, 0.3) is 0 Å². The summed E-state index contributed by atoms with van der Waals surface area (Å²) < 4.78 is 0. The molecule has 0 aliphatic carbocycles. The normalized spacial score (nSPS) is 31.0. The summed E-state index contributed by atoms with van der Waals surface area (Å²) in [6, 6.07) is 8.75. The first-order chi connectivity index (χ1) is 8.20. The molecule has 0 radical (unpaired) electrons. The van der Waals surface area contributed by atoms with E-state index in [1.165, 1.54) is 0 Å². The van der Waals surface area contributed by atoms with Gasteiger partial charge in [-0.2, -0.15) is 0 Å². The number of benzene rings is 1. The van der Waals surface area contributed by atoms with Crippen molar-refractivity contribution >= 4 is 35.1 Å². The van der Waals surface area contributed by atoms with E-state index in [-0.39, 0.29) is 23.1 Å². The average molecular weight is 268 g/mol. The predicted molar refractivity (Wildman–Crippen MR) is 67.3 cm³/mol. The highest BCUT2D eigenvalue weighted by Gasteiger charge is 2.55. The Balaban J connectivity index is 1.83. The van der Waals surface area contributed by atoms with E-state index in [1.54, 1.807) is 28.8 Å². The number of thioether (sulfide) groups is 1. The number of amides is 1. The van der Waals surface area contributed by atoms with Gasteiger partial charge in [-0.1, -0.05) is 30.3 Å². The van der Waals surface area contributed by atoms with Crippen molar-refractivity contribution < 1.29 is 9.59 Å². The molecular weight excluding hydrogens is 258 g/mol. The van der Waals surface area contributed by atoms with Gasteiger partial charge in [0.1, 0.15) is 16.8 Å². The molecule has 1 aromatic rings. The Morgan fingerprint density at radius 2 is 2.06 bits per heavy atom. The summed E-state index contributed by atoms with van der Waals surface area (Å²) in [5.74, 6) is 0.543. The maximum absolute atomic E-state index is 12.2. The van der Waals surface area contributed by atoms with E-state index in [9.17, 15) is 9.59 Å². The molecule has 0 saturated carbocycles. The van der Waals surface area contributed by atoms with Gasteiger partial charge in [-0.15, -0.1) is 23.4 Å². The first-order valence-electron chi connectivity index (χ1n) is 5.37. The number of rotatable bonds is 2. The summed E-state index contributed by atoms with van der Waals surface area (Å²) in [6.07, 6.45) is 0. The molecule has 0 bridgehead atoms. The number of fused-ring (bicyclic) bond motifs is 1. The zero-order chi connectivity index (χ0) is 12.0. The number of nitrogens with zero attached hydrogens (tertiary/aromatic N) is 1. The van der Waals surface area contributed by atoms with Crippen LogP contribution in [-0.2, 0) is 4.79 Å². The second-order valence-electron chi connectivity index (χ2n) is 4.12. The number of carbonyl (C=O) groups excluding carboxylic acids is 2. The highest BCUT2D eigenvalue weighted by Crippen LogP contribution is 2.42. The summed E-state index contributed by atoms with van der Waals surface area (Å²) in [5.41, 5.74) is 0.657. The molecule has 17 heavy (non-hydrogen) atoms. The molecular formula is C12H10ClNO2S. The van der Waals surface area contributed by atoms with Crippen molar-refractivity contribution in [2.75, 3.05) is 5.75 Å². The Morgan fingerprint density at radius 1 is 1.35 bits per heavy atom. The third-order valence-electron chi connectivity index (χ3n) is 3.14. The van der Waals surface area contributed by atoms with Crippen LogP contribution in [0.3, 0.4) is 0 Å². The number of halogens is 1. The van der Waals surface area contributed by atoms with Crippen LogP contribution in [0.5, 0.6) is 0 Å². The zero-order valence-electron chi connectivity index (χ0n) is 8.88. The molecule has 1 amide bonds. The van der Waals surface area contributed by atoms with Crippen molar-refractivity contribution in [1.29, 1.82) is 0 Å². The second kappa shape index (κ2) is 4.03. The zero-order valence-corrected chi connectivity index (χ0v) is 10.4. The summed E-state index contributed by atoms with van der Waals surface area (Å²) in [4.78, 5) is 25.5. The molecule has 0 spiro atoms. The summed E-state index contributed by atoms with van der Waals surface area (Å²) >= 11 is 7.48. The van der Waals surface area contributed by atoms with Gasteiger partial charge in [0.25, 0.3) is 0 Å². The van der Waals surface area contributed by atoms with E-state index < -0.39 is 5.38 Å². The standard InChI is InChI=1S/C12H10ClNO2S/c13-9-11(16)14-8(6-17-12(9)14)10(15)7-4-2-1-3-5-7/h1-5,8-9,12H,6H2/t8?,9-,12-/m0/s1. The van der Waals surface area contributed by atoms with Crippen molar-refractivity contribution in [3.63, 3.8) is 0 Å². The van der Waals surface area contributed by atoms with E-state index in [2.05, 4.69) is 0 Å². The van der Waals surface area contributed by atoms with Crippen LogP contribution in [0.4, 0.5) is 0 Å². The molecule has 2 fully saturated rings. The highest BCUT2D eigenvalue weighted by molar-refractivity contribution is 8.00. The predicted octanol–water partition coefficient (Wildman–Crippen LogP) is 1.76. The van der Waals surface area contributed by atoms with Crippen LogP contribution in [0.2, 0.25) is 0 Å². The van der Waals surface area contributed by atoms with Crippen molar-refractivity contribution in [3.8, 4) is 0 Å². The molecule has 0 N–H and O–H groups in total. The van der Waals surface area contributed by atoms with Crippen molar-refractivity contribution in [2.24, 2.45) is 0 Å². The SMILES string of the molecule is O=C(c1ccccc1)C1CS[C@H]2[C@@H](Cl)C(=O)N12. The Labute approximate surface area is 108 Å². The lowest BCUT2D eigenvalue weighted by molar-refractivity contribution is -0.141. The summed E-state index contributed by atoms with van der Waals surface area (Å²) in [5, 5.41) is -0.463. The van der Waals surface area contributed by atoms with E-state index in [1.807, 2.05) is 18.2 Å². The molecule has 3 atom stereocenters. The van der Waals surface area contributed by atoms with Gasteiger partial charge in [0.2, 0.25) is 5.91 Å². The number of carbonyl (C=O) groups is 2. The molecule has 2 aliphatic rings. The molecule has 88 valence electrons. The van der Waals surface area contributed by atoms with Crippen molar-refractivity contribution in [2.45, 2.75) is 16.8 Å². The maximum Gasteiger partial charge on any atom is 0.245 e. The minimum Gasteiger partial charge on any atom is -0.316 e. The Morgan fingerprint density at radius 3 is 2.76 bits per heavy atom. The Bertz CT molecular complexity index is 479. The molecule has 2 aliphatic heterocycles. The van der Waals surface area contributed by atoms with E-state index in [4.69, 9.17) is 11.6 Å². The first-order valence-corrected chi connectivity index (χ1v) is 6.86. The molecule has 2 heterocycles. The average Bonchev–Trinajstić information content (AvgIpc) is 2.79. The van der Waals surface area contributed by atoms with Crippen molar-refractivity contribution in [1.82, 2.24) is 4.90 Å². The summed E-state index contributed by atoms with van der Waals surface area (Å²) in [6.45, 7) is 0. The van der Waals surface area contributed by atoms with Gasteiger partial charge in [-0.3, -0.25) is 9.59 Å². The molecule has 0 aromatic heterocycles. The molecule has 3 rings (SSSR count). The fourth-order valence-corrected chi connectivity index (χ4v) is 4.05. The van der Waals surface area contributed by atoms with Gasteiger partial charge >= 0.3 is 0 Å². The van der Waals surface area contributed by atoms with Gasteiger partial charge < -0.3 is 4.90 Å². The van der Waals surface area contributed by atoms with Gasteiger partial charge in [0, 0.05) is 11.3 Å². The molecule has 1 unspecified atom stereocenters. The Kier molecular flexibility index (Phi) is 2.64. The van der Waals surface area contributed by atoms with Gasteiger partial charge in [-0.05, 0) is 0 Å². The quantitative estimate of drug-likeness (QED) is 0.466. The van der Waals surface area contributed by atoms with Gasteiger partial charge in [-0.25, -0.2) is 0 Å². The number of ketones is 1. The number of β-lactam (4-membered cyclic amide) rings is 1. The van der Waals surface area contributed by atoms with Gasteiger partial charge in [0.05, 0.1) is 0 Å². The second-order valence-corrected chi connectivity index (χ2v) is 5.74. The number of hydrogen-bond acceptors (Lipinski definition) is 3. The Hall–Kier alpha value is -1.00. The summed E-state index contributed by atoms with van der Waals surface area (Å²) in [7, 11) is 0. The van der Waals surface area contributed by atoms with Crippen LogP contribution in [0.1, 0.15) is 10.4 Å². The van der Waals surface area contributed by atoms with E-state index >= 15 is 0 Å². The number of hydrogen-bond donors (Lipinski definition) is 0. The van der Waals surface area contributed by atoms with Crippen LogP contribution in [0, 0.1) is 0 Å². The van der Waals surface area contributed by atoms with Crippen molar-refractivity contribution in [3.05, 3.63) is 35.9 Å². The lowest BCUT2D eigenvalue weighted by Crippen LogP contribution is -2.62. The smallest absolute Gasteiger partial charge is 0.245 e. The lowest BCUT2D eigenvalue weighted by atomic mass is 10.0. The van der Waals surface area contributed by atoms with Gasteiger partial charge in [0.15, 0.2) is 5.78 Å². The van der Waals surface area contributed by atoms with E-state index in [0.29, 0.717) is 11.3 Å². The largest absolute Gasteiger partial charge is 0.316 e. The molecule has 1 aromatic carbocycles. The number of Topliss-reactive ketones (excluding diaryl/α,β-unsaturated/α-hetero) is 1. The highest BCUT2D eigenvalue weighted by atomic mass is 35.5. The minimum atomic E-state index is -0.450.